The predicted molar refractivity (Wildman–Crippen MR) is 124 cm³/mol. The molecule has 1 atom stereocenters. The zero-order valence-corrected chi connectivity index (χ0v) is 19.9. The highest BCUT2D eigenvalue weighted by Gasteiger charge is 2.45. The summed E-state index contributed by atoms with van der Waals surface area (Å²) in [6, 6.07) is 10.8. The fraction of sp³-hybridized carbons (Fsp3) is 0.458. The van der Waals surface area contributed by atoms with E-state index < -0.39 is 11.3 Å². The smallest absolute Gasteiger partial charge is 0.412 e. The Morgan fingerprint density at radius 1 is 1.22 bits per heavy atom. The van der Waals surface area contributed by atoms with Crippen molar-refractivity contribution in [3.63, 3.8) is 0 Å². The Bertz CT molecular complexity index is 953. The van der Waals surface area contributed by atoms with Crippen molar-refractivity contribution in [1.29, 1.82) is 0 Å². The number of ether oxygens (including phenoxy) is 2. The summed E-state index contributed by atoms with van der Waals surface area (Å²) < 4.78 is 11.5. The molecule has 2 amide bonds. The van der Waals surface area contributed by atoms with E-state index in [1.807, 2.05) is 58.9 Å². The summed E-state index contributed by atoms with van der Waals surface area (Å²) in [6.45, 7) is 9.79. The van der Waals surface area contributed by atoms with E-state index in [-0.39, 0.29) is 18.0 Å². The fourth-order valence-electron chi connectivity index (χ4n) is 3.57. The van der Waals surface area contributed by atoms with Crippen molar-refractivity contribution in [3.8, 4) is 0 Å². The van der Waals surface area contributed by atoms with Crippen LogP contribution in [0.4, 0.5) is 10.5 Å². The first kappa shape index (κ1) is 24.0. The van der Waals surface area contributed by atoms with E-state index in [1.165, 1.54) is 6.20 Å². The Labute approximate surface area is 194 Å². The second-order valence-electron chi connectivity index (χ2n) is 9.31. The predicted octanol–water partition coefficient (Wildman–Crippen LogP) is 5.29. The van der Waals surface area contributed by atoms with Crippen LogP contribution in [0.1, 0.15) is 57.1 Å². The summed E-state index contributed by atoms with van der Waals surface area (Å²) in [5, 5.41) is 3.30. The molecule has 3 rings (SSSR count). The van der Waals surface area contributed by atoms with E-state index in [0.29, 0.717) is 23.0 Å². The number of aromatic nitrogens is 1. The van der Waals surface area contributed by atoms with Crippen LogP contribution in [0.15, 0.2) is 42.6 Å². The van der Waals surface area contributed by atoms with Crippen molar-refractivity contribution in [3.05, 3.63) is 58.9 Å². The van der Waals surface area contributed by atoms with Crippen LogP contribution in [-0.2, 0) is 15.9 Å². The van der Waals surface area contributed by atoms with E-state index in [2.05, 4.69) is 10.3 Å². The Morgan fingerprint density at radius 3 is 2.50 bits per heavy atom. The number of rotatable bonds is 5. The first-order chi connectivity index (χ1) is 14.9. The Hall–Kier alpha value is -2.64. The van der Waals surface area contributed by atoms with E-state index in [9.17, 15) is 9.59 Å². The molecule has 2 aromatic rings. The highest BCUT2D eigenvalue weighted by Crippen LogP contribution is 2.31. The highest BCUT2D eigenvalue weighted by atomic mass is 35.5. The molecule has 1 saturated heterocycles. The first-order valence-corrected chi connectivity index (χ1v) is 11.0. The van der Waals surface area contributed by atoms with Crippen LogP contribution < -0.4 is 5.32 Å². The van der Waals surface area contributed by atoms with Crippen molar-refractivity contribution in [1.82, 2.24) is 9.88 Å². The lowest BCUT2D eigenvalue weighted by atomic mass is 10.0. The zero-order valence-electron chi connectivity index (χ0n) is 19.1. The van der Waals surface area contributed by atoms with Gasteiger partial charge in [-0.3, -0.25) is 9.69 Å². The van der Waals surface area contributed by atoms with E-state index in [4.69, 9.17) is 21.1 Å². The molecule has 1 aliphatic rings. The summed E-state index contributed by atoms with van der Waals surface area (Å²) in [7, 11) is 0. The largest absolute Gasteiger partial charge is 0.444 e. The van der Waals surface area contributed by atoms with Gasteiger partial charge >= 0.3 is 6.09 Å². The molecular formula is C24H30ClN3O4. The maximum absolute atomic E-state index is 12.8. The minimum absolute atomic E-state index is 0.0739. The van der Waals surface area contributed by atoms with E-state index >= 15 is 0 Å². The number of nitrogens with zero attached hydrogens (tertiary/aromatic N) is 2. The number of pyridine rings is 1. The van der Waals surface area contributed by atoms with Crippen molar-refractivity contribution >= 4 is 29.3 Å². The van der Waals surface area contributed by atoms with Crippen LogP contribution in [0.3, 0.4) is 0 Å². The third-order valence-electron chi connectivity index (χ3n) is 5.10. The van der Waals surface area contributed by atoms with Crippen LogP contribution >= 0.6 is 11.6 Å². The van der Waals surface area contributed by atoms with Crippen LogP contribution in [-0.4, -0.2) is 45.9 Å². The SMILES string of the molecule is CC(C)(C)OC(=O)N1C(CCc2ccc(NC(=O)c3ccc(Cl)cn3)cc2)COC1(C)C. The van der Waals surface area contributed by atoms with Gasteiger partial charge in [0.25, 0.3) is 5.91 Å². The number of carbonyl (C=O) groups excluding carboxylic acids is 2. The molecule has 1 aromatic carbocycles. The number of aryl methyl sites for hydroxylation is 1. The molecule has 1 aliphatic heterocycles. The number of benzene rings is 1. The third kappa shape index (κ3) is 6.20. The normalized spacial score (nSPS) is 17.8. The molecule has 7 nitrogen and oxygen atoms in total. The average Bonchev–Trinajstić information content (AvgIpc) is 3.01. The number of carbonyl (C=O) groups is 2. The molecule has 0 bridgehead atoms. The van der Waals surface area contributed by atoms with Gasteiger partial charge in [0.2, 0.25) is 0 Å². The molecule has 0 saturated carbocycles. The lowest BCUT2D eigenvalue weighted by Crippen LogP contribution is -2.49. The van der Waals surface area contributed by atoms with Gasteiger partial charge in [-0.25, -0.2) is 9.78 Å². The van der Waals surface area contributed by atoms with Gasteiger partial charge in [0, 0.05) is 11.9 Å². The summed E-state index contributed by atoms with van der Waals surface area (Å²) in [5.74, 6) is -0.298. The number of nitrogens with one attached hydrogen (secondary N) is 1. The maximum atomic E-state index is 12.8. The van der Waals surface area contributed by atoms with Crippen LogP contribution in [0.2, 0.25) is 5.02 Å². The minimum atomic E-state index is -0.711. The molecule has 0 aliphatic carbocycles. The molecule has 172 valence electrons. The van der Waals surface area contributed by atoms with Crippen molar-refractivity contribution in [2.75, 3.05) is 11.9 Å². The van der Waals surface area contributed by atoms with Gasteiger partial charge in [-0.2, -0.15) is 0 Å². The van der Waals surface area contributed by atoms with Crippen LogP contribution in [0.25, 0.3) is 0 Å². The van der Waals surface area contributed by atoms with Crippen molar-refractivity contribution in [2.24, 2.45) is 0 Å². The first-order valence-electron chi connectivity index (χ1n) is 10.6. The fourth-order valence-corrected chi connectivity index (χ4v) is 3.68. The summed E-state index contributed by atoms with van der Waals surface area (Å²) in [4.78, 5) is 30.8. The molecule has 8 heteroatoms. The molecular weight excluding hydrogens is 430 g/mol. The molecule has 1 unspecified atom stereocenters. The molecule has 1 fully saturated rings. The van der Waals surface area contributed by atoms with Gasteiger partial charge < -0.3 is 14.8 Å². The van der Waals surface area contributed by atoms with Gasteiger partial charge in [-0.15, -0.1) is 0 Å². The zero-order chi connectivity index (χ0) is 23.5. The monoisotopic (exact) mass is 459 g/mol. The van der Waals surface area contributed by atoms with Gasteiger partial charge in [0.1, 0.15) is 17.0 Å². The van der Waals surface area contributed by atoms with Crippen molar-refractivity contribution in [2.45, 2.75) is 64.8 Å². The Kier molecular flexibility index (Phi) is 7.10. The van der Waals surface area contributed by atoms with Gasteiger partial charge in [-0.05, 0) is 77.3 Å². The Morgan fingerprint density at radius 2 is 1.91 bits per heavy atom. The highest BCUT2D eigenvalue weighted by molar-refractivity contribution is 6.30. The van der Waals surface area contributed by atoms with Gasteiger partial charge in [0.05, 0.1) is 17.7 Å². The summed E-state index contributed by atoms with van der Waals surface area (Å²) in [5.41, 5.74) is 0.793. The van der Waals surface area contributed by atoms with Gasteiger partial charge in [-0.1, -0.05) is 23.7 Å². The topological polar surface area (TPSA) is 80.8 Å². The number of hydrogen-bond acceptors (Lipinski definition) is 5. The molecule has 32 heavy (non-hydrogen) atoms. The van der Waals surface area contributed by atoms with Crippen molar-refractivity contribution < 1.29 is 19.1 Å². The molecule has 2 heterocycles. The quantitative estimate of drug-likeness (QED) is 0.656. The number of anilines is 1. The standard InChI is InChI=1S/C24H30ClN3O4/c1-23(2,3)32-22(30)28-19(15-31-24(28,4)5)12-8-16-6-10-18(11-7-16)27-21(29)20-13-9-17(25)14-26-20/h6-7,9-11,13-14,19H,8,12,15H2,1-5H3,(H,27,29). The van der Waals surface area contributed by atoms with Crippen LogP contribution in [0.5, 0.6) is 0 Å². The average molecular weight is 460 g/mol. The second kappa shape index (κ2) is 9.46. The lowest BCUT2D eigenvalue weighted by Gasteiger charge is -2.35. The number of amides is 2. The minimum Gasteiger partial charge on any atom is -0.444 e. The van der Waals surface area contributed by atoms with E-state index in [0.717, 1.165) is 18.4 Å². The maximum Gasteiger partial charge on any atom is 0.412 e. The van der Waals surface area contributed by atoms with E-state index in [1.54, 1.807) is 17.0 Å². The molecule has 0 radical (unpaired) electrons. The summed E-state index contributed by atoms with van der Waals surface area (Å²) in [6.07, 6.45) is 2.58. The lowest BCUT2D eigenvalue weighted by molar-refractivity contribution is -0.0626. The van der Waals surface area contributed by atoms with Gasteiger partial charge in [0.15, 0.2) is 0 Å². The molecule has 1 N–H and O–H groups in total. The second-order valence-corrected chi connectivity index (χ2v) is 9.75. The molecule has 0 spiro atoms. The Balaban J connectivity index is 1.58. The number of halogens is 1. The summed E-state index contributed by atoms with van der Waals surface area (Å²) >= 11 is 5.81. The van der Waals surface area contributed by atoms with Crippen LogP contribution in [0, 0.1) is 0 Å². The molecule has 1 aromatic heterocycles. The number of hydrogen-bond donors (Lipinski definition) is 1. The third-order valence-corrected chi connectivity index (χ3v) is 5.33.